The smallest absolute Gasteiger partial charge is 0.0992 e. The van der Waals surface area contributed by atoms with Crippen LogP contribution in [-0.4, -0.2) is 12.8 Å². The molecule has 0 aromatic rings. The van der Waals surface area contributed by atoms with Crippen molar-refractivity contribution in [3.05, 3.63) is 24.3 Å². The Kier molecular flexibility index (Phi) is 3.90. The molecule has 2 heteroatoms. The van der Waals surface area contributed by atoms with Gasteiger partial charge in [0.2, 0.25) is 0 Å². The predicted octanol–water partition coefficient (Wildman–Crippen LogP) is 1.71. The molecule has 0 spiro atoms. The summed E-state index contributed by atoms with van der Waals surface area (Å²) in [6.45, 7) is 5.31. The zero-order valence-corrected chi connectivity index (χ0v) is 6.26. The second kappa shape index (κ2) is 4.51. The third kappa shape index (κ3) is 2.83. The largest absolute Gasteiger partial charge is 0.293 e. The van der Waals surface area contributed by atoms with E-state index in [4.69, 9.17) is 5.26 Å². The van der Waals surface area contributed by atoms with Crippen LogP contribution in [0.15, 0.2) is 29.3 Å². The summed E-state index contributed by atoms with van der Waals surface area (Å²) in [6, 6.07) is 1.98. The first-order valence-electron chi connectivity index (χ1n) is 2.92. The van der Waals surface area contributed by atoms with Crippen molar-refractivity contribution in [3.8, 4) is 6.07 Å². The molecule has 0 unspecified atom stereocenters. The van der Waals surface area contributed by atoms with Crippen LogP contribution in [0.5, 0.6) is 0 Å². The monoisotopic (exact) mass is 134 g/mol. The standard InChI is InChI=1S/C8H10N2/c1-4-8(6-9)5-7(2)10-3/h4-5H,1H2,2-3H3/b8-5+,10-7-. The first-order chi connectivity index (χ1) is 4.74. The van der Waals surface area contributed by atoms with Crippen LogP contribution < -0.4 is 0 Å². The molecule has 0 aliphatic heterocycles. The molecular weight excluding hydrogens is 124 g/mol. The van der Waals surface area contributed by atoms with Crippen molar-refractivity contribution in [1.82, 2.24) is 0 Å². The van der Waals surface area contributed by atoms with Crippen LogP contribution in [0.4, 0.5) is 0 Å². The molecule has 10 heavy (non-hydrogen) atoms. The van der Waals surface area contributed by atoms with Crippen LogP contribution in [0.1, 0.15) is 6.92 Å². The predicted molar refractivity (Wildman–Crippen MR) is 42.9 cm³/mol. The normalized spacial score (nSPS) is 12.5. The minimum Gasteiger partial charge on any atom is -0.293 e. The van der Waals surface area contributed by atoms with Crippen LogP contribution in [0.3, 0.4) is 0 Å². The lowest BCUT2D eigenvalue weighted by atomic mass is 10.2. The Morgan fingerprint density at radius 3 is 2.60 bits per heavy atom. The van der Waals surface area contributed by atoms with Crippen molar-refractivity contribution < 1.29 is 0 Å². The fourth-order valence-corrected chi connectivity index (χ4v) is 0.426. The molecule has 0 radical (unpaired) electrons. The Bertz CT molecular complexity index is 216. The van der Waals surface area contributed by atoms with Gasteiger partial charge in [-0.2, -0.15) is 5.26 Å². The molecule has 0 rings (SSSR count). The summed E-state index contributed by atoms with van der Waals surface area (Å²) >= 11 is 0. The highest BCUT2D eigenvalue weighted by Crippen LogP contribution is 1.93. The number of hydrogen-bond donors (Lipinski definition) is 0. The Hall–Kier alpha value is -1.36. The van der Waals surface area contributed by atoms with Gasteiger partial charge in [-0.15, -0.1) is 0 Å². The third-order valence-electron chi connectivity index (χ3n) is 1.07. The van der Waals surface area contributed by atoms with Crippen molar-refractivity contribution in [1.29, 1.82) is 5.26 Å². The Labute approximate surface area is 61.2 Å². The van der Waals surface area contributed by atoms with Gasteiger partial charge >= 0.3 is 0 Å². The average Bonchev–Trinajstić information content (AvgIpc) is 1.99. The highest BCUT2D eigenvalue weighted by Gasteiger charge is 1.86. The summed E-state index contributed by atoms with van der Waals surface area (Å²) in [5.41, 5.74) is 1.37. The van der Waals surface area contributed by atoms with E-state index in [1.54, 1.807) is 13.1 Å². The zero-order valence-electron chi connectivity index (χ0n) is 6.26. The summed E-state index contributed by atoms with van der Waals surface area (Å²) in [5, 5.41) is 8.43. The summed E-state index contributed by atoms with van der Waals surface area (Å²) in [7, 11) is 1.68. The topological polar surface area (TPSA) is 36.1 Å². The van der Waals surface area contributed by atoms with Gasteiger partial charge in [-0.05, 0) is 13.0 Å². The van der Waals surface area contributed by atoms with E-state index in [9.17, 15) is 0 Å². The number of hydrogen-bond acceptors (Lipinski definition) is 2. The molecule has 52 valence electrons. The van der Waals surface area contributed by atoms with Gasteiger partial charge in [-0.1, -0.05) is 12.7 Å². The van der Waals surface area contributed by atoms with Gasteiger partial charge in [0.15, 0.2) is 0 Å². The van der Waals surface area contributed by atoms with Crippen molar-refractivity contribution in [2.75, 3.05) is 7.05 Å². The third-order valence-corrected chi connectivity index (χ3v) is 1.07. The van der Waals surface area contributed by atoms with Crippen LogP contribution >= 0.6 is 0 Å². The Morgan fingerprint density at radius 2 is 2.30 bits per heavy atom. The molecule has 0 aliphatic rings. The van der Waals surface area contributed by atoms with Gasteiger partial charge in [-0.3, -0.25) is 4.99 Å². The molecule has 0 heterocycles. The van der Waals surface area contributed by atoms with E-state index in [0.29, 0.717) is 5.57 Å². The van der Waals surface area contributed by atoms with E-state index in [1.807, 2.05) is 13.0 Å². The van der Waals surface area contributed by atoms with Crippen LogP contribution in [0.2, 0.25) is 0 Å². The Morgan fingerprint density at radius 1 is 1.70 bits per heavy atom. The fraction of sp³-hybridized carbons (Fsp3) is 0.250. The van der Waals surface area contributed by atoms with E-state index < -0.39 is 0 Å². The molecule has 2 nitrogen and oxygen atoms in total. The maximum atomic E-state index is 8.43. The molecule has 0 atom stereocenters. The van der Waals surface area contributed by atoms with E-state index in [0.717, 1.165) is 5.71 Å². The number of nitriles is 1. The van der Waals surface area contributed by atoms with Crippen LogP contribution in [-0.2, 0) is 0 Å². The average molecular weight is 134 g/mol. The molecule has 0 aromatic heterocycles. The van der Waals surface area contributed by atoms with Gasteiger partial charge in [0.25, 0.3) is 0 Å². The lowest BCUT2D eigenvalue weighted by Crippen LogP contribution is -1.85. The molecular formula is C8H10N2. The maximum Gasteiger partial charge on any atom is 0.0992 e. The molecule has 0 N–H and O–H groups in total. The summed E-state index contributed by atoms with van der Waals surface area (Å²) in [4.78, 5) is 3.87. The lowest BCUT2D eigenvalue weighted by Gasteiger charge is -1.87. The molecule has 0 amide bonds. The lowest BCUT2D eigenvalue weighted by molar-refractivity contribution is 1.42. The van der Waals surface area contributed by atoms with Gasteiger partial charge in [0, 0.05) is 12.8 Å². The van der Waals surface area contributed by atoms with Crippen molar-refractivity contribution in [2.45, 2.75) is 6.92 Å². The van der Waals surface area contributed by atoms with E-state index >= 15 is 0 Å². The van der Waals surface area contributed by atoms with Gasteiger partial charge in [0.1, 0.15) is 0 Å². The molecule has 0 saturated carbocycles. The minimum atomic E-state index is 0.545. The van der Waals surface area contributed by atoms with Crippen molar-refractivity contribution in [2.24, 2.45) is 4.99 Å². The van der Waals surface area contributed by atoms with E-state index in [2.05, 4.69) is 11.6 Å². The van der Waals surface area contributed by atoms with Crippen molar-refractivity contribution in [3.63, 3.8) is 0 Å². The quantitative estimate of drug-likeness (QED) is 0.322. The number of nitrogens with zero attached hydrogens (tertiary/aromatic N) is 2. The summed E-state index contributed by atoms with van der Waals surface area (Å²) < 4.78 is 0. The number of allylic oxidation sites excluding steroid dienone is 3. The first kappa shape index (κ1) is 8.64. The van der Waals surface area contributed by atoms with Gasteiger partial charge < -0.3 is 0 Å². The SMILES string of the molecule is C=C/C(C#N)=C\C(C)=N/C. The molecule has 0 aromatic carbocycles. The van der Waals surface area contributed by atoms with E-state index in [1.165, 1.54) is 6.08 Å². The van der Waals surface area contributed by atoms with Crippen LogP contribution in [0, 0.1) is 11.3 Å². The number of rotatable bonds is 2. The molecule has 0 fully saturated rings. The highest BCUT2D eigenvalue weighted by atomic mass is 14.7. The van der Waals surface area contributed by atoms with E-state index in [-0.39, 0.29) is 0 Å². The minimum absolute atomic E-state index is 0.545. The maximum absolute atomic E-state index is 8.43. The summed E-state index contributed by atoms with van der Waals surface area (Å²) in [6.07, 6.45) is 3.20. The molecule has 0 aliphatic carbocycles. The number of aliphatic imine (C=N–C) groups is 1. The van der Waals surface area contributed by atoms with Crippen LogP contribution in [0.25, 0.3) is 0 Å². The first-order valence-corrected chi connectivity index (χ1v) is 2.92. The van der Waals surface area contributed by atoms with Gasteiger partial charge in [0.05, 0.1) is 11.6 Å². The second-order valence-corrected chi connectivity index (χ2v) is 1.78. The highest BCUT2D eigenvalue weighted by molar-refractivity contribution is 5.94. The Balaban J connectivity index is 4.44. The van der Waals surface area contributed by atoms with Gasteiger partial charge in [-0.25, -0.2) is 0 Å². The second-order valence-electron chi connectivity index (χ2n) is 1.78. The summed E-state index contributed by atoms with van der Waals surface area (Å²) in [5.74, 6) is 0. The molecule has 0 saturated heterocycles. The fourth-order valence-electron chi connectivity index (χ4n) is 0.426. The van der Waals surface area contributed by atoms with Crippen molar-refractivity contribution >= 4 is 5.71 Å². The molecule has 0 bridgehead atoms. The zero-order chi connectivity index (χ0) is 7.98.